The van der Waals surface area contributed by atoms with Crippen molar-refractivity contribution in [2.24, 2.45) is 5.92 Å². The van der Waals surface area contributed by atoms with Crippen LogP contribution in [0.4, 0.5) is 50.0 Å². The summed E-state index contributed by atoms with van der Waals surface area (Å²) in [5.41, 5.74) is -5.06. The van der Waals surface area contributed by atoms with Crippen LogP contribution >= 0.6 is 0 Å². The van der Waals surface area contributed by atoms with Gasteiger partial charge in [0.1, 0.15) is 5.66 Å². The Morgan fingerprint density at radius 1 is 0.923 bits per heavy atom. The van der Waals surface area contributed by atoms with Crippen molar-refractivity contribution in [3.63, 3.8) is 0 Å². The predicted molar refractivity (Wildman–Crippen MR) is 123 cm³/mol. The summed E-state index contributed by atoms with van der Waals surface area (Å²) >= 11 is 0. The molecule has 1 heterocycles. The maximum atomic E-state index is 13.4. The van der Waals surface area contributed by atoms with Gasteiger partial charge in [0.15, 0.2) is 0 Å². The minimum absolute atomic E-state index is 0.00855. The first-order valence-corrected chi connectivity index (χ1v) is 12.3. The lowest BCUT2D eigenvalue weighted by molar-refractivity contribution is -0.143. The van der Waals surface area contributed by atoms with Crippen LogP contribution in [0.15, 0.2) is 36.4 Å². The molecule has 39 heavy (non-hydrogen) atoms. The van der Waals surface area contributed by atoms with Gasteiger partial charge in [0, 0.05) is 6.54 Å². The number of hydrogen-bond acceptors (Lipinski definition) is 3. The highest BCUT2D eigenvalue weighted by Crippen LogP contribution is 2.50. The number of anilines is 1. The molecule has 1 unspecified atom stereocenters. The third-order valence-corrected chi connectivity index (χ3v) is 6.93. The number of nitrogens with zero attached hydrogens (tertiary/aromatic N) is 1. The van der Waals surface area contributed by atoms with E-state index in [1.165, 1.54) is 4.90 Å². The van der Waals surface area contributed by atoms with Crippen LogP contribution in [0.3, 0.4) is 0 Å². The Balaban J connectivity index is 1.75. The van der Waals surface area contributed by atoms with E-state index in [1.54, 1.807) is 6.92 Å². The molecular formula is C26H25F9N2O2. The molecular weight excluding hydrogens is 543 g/mol. The van der Waals surface area contributed by atoms with Crippen LogP contribution in [0, 0.1) is 5.92 Å². The number of alkyl halides is 9. The molecule has 0 radical (unpaired) electrons. The normalized spacial score (nSPS) is 20.1. The zero-order valence-electron chi connectivity index (χ0n) is 20.7. The lowest BCUT2D eigenvalue weighted by atomic mass is 9.86. The molecule has 0 bridgehead atoms. The van der Waals surface area contributed by atoms with Crippen molar-refractivity contribution in [2.45, 2.75) is 69.8 Å². The molecule has 0 aromatic heterocycles. The number of fused-ring (bicyclic) bond motifs is 1. The smallest absolute Gasteiger partial charge is 0.416 e. The molecule has 4 nitrogen and oxygen atoms in total. The van der Waals surface area contributed by atoms with E-state index in [-0.39, 0.29) is 48.2 Å². The number of amides is 1. The van der Waals surface area contributed by atoms with Gasteiger partial charge in [-0.2, -0.15) is 39.5 Å². The van der Waals surface area contributed by atoms with E-state index >= 15 is 0 Å². The van der Waals surface area contributed by atoms with Gasteiger partial charge < -0.3 is 4.74 Å². The summed E-state index contributed by atoms with van der Waals surface area (Å²) in [5, 5.41) is 3.03. The van der Waals surface area contributed by atoms with Crippen LogP contribution < -0.4 is 10.2 Å². The molecule has 1 atom stereocenters. The van der Waals surface area contributed by atoms with Crippen LogP contribution in [0.25, 0.3) is 0 Å². The van der Waals surface area contributed by atoms with Gasteiger partial charge in [-0.25, -0.2) is 4.79 Å². The lowest BCUT2D eigenvalue weighted by Gasteiger charge is -2.48. The number of carbonyl (C=O) groups excluding carboxylic acids is 1. The molecule has 2 aliphatic rings. The Hall–Kier alpha value is -2.96. The standard InChI is InChI=1S/C26H25F9N2O2/c1-2-9-39-22(38)37-21-6-5-18(24(27,28)29)12-16(21)7-8-23(37,17-3-4-17)36-14-15-10-19(25(30,31)32)13-20(11-15)26(33,34)35/h5-6,10-13,17,36H,2-4,7-9,14H2,1H3. The lowest BCUT2D eigenvalue weighted by Crippen LogP contribution is -2.64. The third kappa shape index (κ3) is 6.12. The summed E-state index contributed by atoms with van der Waals surface area (Å²) in [5.74, 6) is -0.241. The number of hydrogen-bond donors (Lipinski definition) is 1. The fraction of sp³-hybridized carbons (Fsp3) is 0.500. The maximum absolute atomic E-state index is 13.4. The first-order chi connectivity index (χ1) is 18.1. The Morgan fingerprint density at radius 3 is 2.03 bits per heavy atom. The van der Waals surface area contributed by atoms with E-state index in [9.17, 15) is 44.3 Å². The summed E-state index contributed by atoms with van der Waals surface area (Å²) < 4.78 is 126. The number of carbonyl (C=O) groups is 1. The van der Waals surface area contributed by atoms with Gasteiger partial charge in [-0.3, -0.25) is 10.2 Å². The van der Waals surface area contributed by atoms with E-state index in [4.69, 9.17) is 4.74 Å². The number of aryl methyl sites for hydroxylation is 1. The van der Waals surface area contributed by atoms with Crippen LogP contribution in [0.2, 0.25) is 0 Å². The SMILES string of the molecule is CCCOC(=O)N1c2ccc(C(F)(F)F)cc2CCC1(NCc1cc(C(F)(F)F)cc(C(F)(F)F)c1)C1CC1. The molecule has 2 aromatic carbocycles. The third-order valence-electron chi connectivity index (χ3n) is 6.93. The van der Waals surface area contributed by atoms with Gasteiger partial charge in [0.05, 0.1) is 29.0 Å². The van der Waals surface area contributed by atoms with E-state index in [1.807, 2.05) is 0 Å². The largest absolute Gasteiger partial charge is 0.449 e. The van der Waals surface area contributed by atoms with Crippen molar-refractivity contribution in [3.05, 3.63) is 64.2 Å². The summed E-state index contributed by atoms with van der Waals surface area (Å²) in [7, 11) is 0. The number of halogens is 9. The summed E-state index contributed by atoms with van der Waals surface area (Å²) in [4.78, 5) is 14.5. The molecule has 1 aliphatic carbocycles. The first-order valence-electron chi connectivity index (χ1n) is 12.3. The van der Waals surface area contributed by atoms with Gasteiger partial charge in [0.2, 0.25) is 0 Å². The maximum Gasteiger partial charge on any atom is 0.416 e. The quantitative estimate of drug-likeness (QED) is 0.360. The van der Waals surface area contributed by atoms with Gasteiger partial charge in [-0.05, 0) is 85.5 Å². The number of rotatable bonds is 6. The molecule has 1 N–H and O–H groups in total. The van der Waals surface area contributed by atoms with Crippen molar-refractivity contribution >= 4 is 11.8 Å². The van der Waals surface area contributed by atoms with Crippen molar-refractivity contribution in [3.8, 4) is 0 Å². The Bertz CT molecular complexity index is 1190. The van der Waals surface area contributed by atoms with Crippen molar-refractivity contribution in [1.29, 1.82) is 0 Å². The number of benzene rings is 2. The van der Waals surface area contributed by atoms with Crippen molar-refractivity contribution < 1.29 is 49.0 Å². The highest BCUT2D eigenvalue weighted by molar-refractivity contribution is 5.91. The minimum atomic E-state index is -5.03. The molecule has 2 aromatic rings. The second-order valence-electron chi connectivity index (χ2n) is 9.76. The minimum Gasteiger partial charge on any atom is -0.449 e. The predicted octanol–water partition coefficient (Wildman–Crippen LogP) is 7.94. The van der Waals surface area contributed by atoms with E-state index in [0.29, 0.717) is 31.4 Å². The Morgan fingerprint density at radius 2 is 1.51 bits per heavy atom. The summed E-state index contributed by atoms with van der Waals surface area (Å²) in [6.07, 6.45) is -13.7. The topological polar surface area (TPSA) is 41.6 Å². The summed E-state index contributed by atoms with van der Waals surface area (Å²) in [6.45, 7) is 1.29. The van der Waals surface area contributed by atoms with Gasteiger partial charge in [-0.1, -0.05) is 6.92 Å². The second-order valence-corrected chi connectivity index (χ2v) is 9.76. The average Bonchev–Trinajstić information content (AvgIpc) is 3.69. The van der Waals surface area contributed by atoms with Gasteiger partial charge in [0.25, 0.3) is 0 Å². The molecule has 214 valence electrons. The molecule has 0 saturated heterocycles. The van der Waals surface area contributed by atoms with E-state index in [2.05, 4.69) is 5.32 Å². The van der Waals surface area contributed by atoms with Crippen molar-refractivity contribution in [2.75, 3.05) is 11.5 Å². The van der Waals surface area contributed by atoms with Crippen LogP contribution in [0.1, 0.15) is 60.4 Å². The zero-order chi connectivity index (χ0) is 28.8. The average molecular weight is 568 g/mol. The highest BCUT2D eigenvalue weighted by Gasteiger charge is 2.54. The molecule has 1 amide bonds. The highest BCUT2D eigenvalue weighted by atomic mass is 19.4. The Labute approximate surface area is 218 Å². The molecule has 1 fully saturated rings. The Kier molecular flexibility index (Phi) is 7.61. The molecule has 13 heteroatoms. The first kappa shape index (κ1) is 29.0. The second kappa shape index (κ2) is 10.2. The number of ether oxygens (including phenoxy) is 1. The van der Waals surface area contributed by atoms with Crippen LogP contribution in [0.5, 0.6) is 0 Å². The van der Waals surface area contributed by atoms with Crippen LogP contribution in [-0.4, -0.2) is 18.4 Å². The fourth-order valence-electron chi connectivity index (χ4n) is 4.98. The van der Waals surface area contributed by atoms with E-state index < -0.39 is 53.5 Å². The van der Waals surface area contributed by atoms with Crippen LogP contribution in [-0.2, 0) is 36.2 Å². The monoisotopic (exact) mass is 568 g/mol. The molecule has 0 spiro atoms. The van der Waals surface area contributed by atoms with Crippen molar-refractivity contribution in [1.82, 2.24) is 5.32 Å². The summed E-state index contributed by atoms with van der Waals surface area (Å²) in [6, 6.07) is 4.15. The zero-order valence-corrected chi connectivity index (χ0v) is 20.7. The van der Waals surface area contributed by atoms with Gasteiger partial charge in [-0.15, -0.1) is 0 Å². The fourth-order valence-corrected chi connectivity index (χ4v) is 4.98. The molecule has 1 saturated carbocycles. The number of nitrogens with one attached hydrogen (secondary N) is 1. The molecule has 4 rings (SSSR count). The van der Waals surface area contributed by atoms with Gasteiger partial charge >= 0.3 is 24.6 Å². The molecule has 1 aliphatic heterocycles. The van der Waals surface area contributed by atoms with E-state index in [0.717, 1.165) is 18.2 Å².